The van der Waals surface area contributed by atoms with E-state index in [1.54, 1.807) is 0 Å². The van der Waals surface area contributed by atoms with E-state index in [4.69, 9.17) is 4.42 Å². The van der Waals surface area contributed by atoms with Gasteiger partial charge in [-0.1, -0.05) is 18.2 Å². The van der Waals surface area contributed by atoms with Crippen LogP contribution in [0.15, 0.2) is 53.3 Å². The molecule has 0 amide bonds. The Labute approximate surface area is 102 Å². The summed E-state index contributed by atoms with van der Waals surface area (Å²) in [5.41, 5.74) is 4.65. The molecule has 4 rings (SSSR count). The molecule has 0 saturated heterocycles. The molecule has 0 aliphatic carbocycles. The summed E-state index contributed by atoms with van der Waals surface area (Å²) in [6, 6.07) is 14.0. The SMILES string of the molecule is c1ccc2c(-c3ccc4ocnc4c3)n[nH]c2c1. The topological polar surface area (TPSA) is 54.7 Å². The van der Waals surface area contributed by atoms with Crippen LogP contribution in [0.5, 0.6) is 0 Å². The molecule has 2 aromatic carbocycles. The van der Waals surface area contributed by atoms with E-state index in [9.17, 15) is 0 Å². The Morgan fingerprint density at radius 2 is 2.00 bits per heavy atom. The summed E-state index contributed by atoms with van der Waals surface area (Å²) in [6.07, 6.45) is 1.46. The number of nitrogens with one attached hydrogen (secondary N) is 1. The first-order valence-corrected chi connectivity index (χ1v) is 5.68. The van der Waals surface area contributed by atoms with Crippen LogP contribution in [-0.2, 0) is 0 Å². The van der Waals surface area contributed by atoms with Gasteiger partial charge in [-0.3, -0.25) is 5.10 Å². The lowest BCUT2D eigenvalue weighted by atomic mass is 10.1. The van der Waals surface area contributed by atoms with E-state index in [1.807, 2.05) is 36.4 Å². The third-order valence-electron chi connectivity index (χ3n) is 3.07. The molecule has 18 heavy (non-hydrogen) atoms. The lowest BCUT2D eigenvalue weighted by Crippen LogP contribution is -1.79. The second kappa shape index (κ2) is 3.43. The van der Waals surface area contributed by atoms with E-state index in [2.05, 4.69) is 21.2 Å². The molecular formula is C14H9N3O. The molecule has 0 bridgehead atoms. The molecule has 0 aliphatic rings. The number of fused-ring (bicyclic) bond motifs is 2. The number of aromatic amines is 1. The number of hydrogen-bond acceptors (Lipinski definition) is 3. The van der Waals surface area contributed by atoms with Crippen molar-refractivity contribution in [3.05, 3.63) is 48.9 Å². The summed E-state index contributed by atoms with van der Waals surface area (Å²) >= 11 is 0. The second-order valence-corrected chi connectivity index (χ2v) is 4.15. The van der Waals surface area contributed by atoms with Gasteiger partial charge in [-0.2, -0.15) is 5.10 Å². The Hall–Kier alpha value is -2.62. The van der Waals surface area contributed by atoms with Crippen molar-refractivity contribution in [2.75, 3.05) is 0 Å². The fourth-order valence-corrected chi connectivity index (χ4v) is 2.19. The molecule has 4 nitrogen and oxygen atoms in total. The van der Waals surface area contributed by atoms with Gasteiger partial charge in [-0.25, -0.2) is 4.98 Å². The number of oxazole rings is 1. The van der Waals surface area contributed by atoms with Crippen molar-refractivity contribution in [2.45, 2.75) is 0 Å². The van der Waals surface area contributed by atoms with Crippen LogP contribution in [-0.4, -0.2) is 15.2 Å². The van der Waals surface area contributed by atoms with E-state index >= 15 is 0 Å². The summed E-state index contributed by atoms with van der Waals surface area (Å²) in [6.45, 7) is 0. The molecule has 0 unspecified atom stereocenters. The molecule has 0 radical (unpaired) electrons. The number of rotatable bonds is 1. The van der Waals surface area contributed by atoms with Crippen molar-refractivity contribution in [3.63, 3.8) is 0 Å². The Morgan fingerprint density at radius 3 is 3.00 bits per heavy atom. The fraction of sp³-hybridized carbons (Fsp3) is 0. The van der Waals surface area contributed by atoms with Crippen LogP contribution in [0, 0.1) is 0 Å². The Balaban J connectivity index is 2.00. The summed E-state index contributed by atoms with van der Waals surface area (Å²) < 4.78 is 5.24. The zero-order valence-corrected chi connectivity index (χ0v) is 9.42. The van der Waals surface area contributed by atoms with Gasteiger partial charge in [0.05, 0.1) is 11.2 Å². The normalized spacial score (nSPS) is 11.3. The van der Waals surface area contributed by atoms with Crippen molar-refractivity contribution in [1.82, 2.24) is 15.2 Å². The molecule has 0 atom stereocenters. The maximum Gasteiger partial charge on any atom is 0.181 e. The number of aromatic nitrogens is 3. The summed E-state index contributed by atoms with van der Waals surface area (Å²) in [5, 5.41) is 8.52. The first kappa shape index (κ1) is 9.41. The van der Waals surface area contributed by atoms with Crippen molar-refractivity contribution in [3.8, 4) is 11.3 Å². The highest BCUT2D eigenvalue weighted by Gasteiger charge is 2.09. The number of benzene rings is 2. The molecule has 86 valence electrons. The monoisotopic (exact) mass is 235 g/mol. The molecule has 4 aromatic rings. The third-order valence-corrected chi connectivity index (χ3v) is 3.07. The predicted octanol–water partition coefficient (Wildman–Crippen LogP) is 3.37. The van der Waals surface area contributed by atoms with Gasteiger partial charge >= 0.3 is 0 Å². The molecule has 0 saturated carbocycles. The average molecular weight is 235 g/mol. The standard InChI is InChI=1S/C14H9N3O/c1-2-4-11-10(3-1)14(17-16-11)9-5-6-13-12(7-9)15-8-18-13/h1-8H,(H,16,17). The van der Waals surface area contributed by atoms with Crippen LogP contribution in [0.3, 0.4) is 0 Å². The van der Waals surface area contributed by atoms with Gasteiger partial charge in [0.25, 0.3) is 0 Å². The third kappa shape index (κ3) is 1.26. The van der Waals surface area contributed by atoms with Crippen LogP contribution in [0.25, 0.3) is 33.3 Å². The highest BCUT2D eigenvalue weighted by molar-refractivity contribution is 5.94. The van der Waals surface area contributed by atoms with Crippen molar-refractivity contribution in [2.24, 2.45) is 0 Å². The van der Waals surface area contributed by atoms with E-state index < -0.39 is 0 Å². The number of H-pyrrole nitrogens is 1. The van der Waals surface area contributed by atoms with Gasteiger partial charge in [-0.15, -0.1) is 0 Å². The minimum atomic E-state index is 0.790. The maximum absolute atomic E-state index is 5.24. The highest BCUT2D eigenvalue weighted by atomic mass is 16.3. The number of para-hydroxylation sites is 1. The van der Waals surface area contributed by atoms with Crippen molar-refractivity contribution < 1.29 is 4.42 Å². The van der Waals surface area contributed by atoms with E-state index in [-0.39, 0.29) is 0 Å². The molecule has 2 aromatic heterocycles. The van der Waals surface area contributed by atoms with E-state index in [0.29, 0.717) is 0 Å². The lowest BCUT2D eigenvalue weighted by Gasteiger charge is -1.97. The quantitative estimate of drug-likeness (QED) is 0.550. The van der Waals surface area contributed by atoms with E-state index in [1.165, 1.54) is 6.39 Å². The molecule has 0 fully saturated rings. The zero-order valence-electron chi connectivity index (χ0n) is 9.42. The molecular weight excluding hydrogens is 226 g/mol. The summed E-state index contributed by atoms with van der Waals surface area (Å²) in [5.74, 6) is 0. The Morgan fingerprint density at radius 1 is 1.06 bits per heavy atom. The maximum atomic E-state index is 5.24. The minimum absolute atomic E-state index is 0.790. The van der Waals surface area contributed by atoms with Gasteiger partial charge in [0.15, 0.2) is 12.0 Å². The van der Waals surface area contributed by atoms with Gasteiger partial charge in [0, 0.05) is 10.9 Å². The van der Waals surface area contributed by atoms with Crippen LogP contribution in [0.4, 0.5) is 0 Å². The van der Waals surface area contributed by atoms with Gasteiger partial charge in [-0.05, 0) is 24.3 Å². The smallest absolute Gasteiger partial charge is 0.181 e. The van der Waals surface area contributed by atoms with E-state index in [0.717, 1.165) is 33.3 Å². The molecule has 0 aliphatic heterocycles. The largest absolute Gasteiger partial charge is 0.443 e. The minimum Gasteiger partial charge on any atom is -0.443 e. The molecule has 0 spiro atoms. The van der Waals surface area contributed by atoms with Crippen LogP contribution >= 0.6 is 0 Å². The average Bonchev–Trinajstić information content (AvgIpc) is 3.04. The summed E-state index contributed by atoms with van der Waals surface area (Å²) in [7, 11) is 0. The fourth-order valence-electron chi connectivity index (χ4n) is 2.19. The van der Waals surface area contributed by atoms with Crippen LogP contribution in [0.1, 0.15) is 0 Å². The molecule has 2 heterocycles. The predicted molar refractivity (Wildman–Crippen MR) is 69.1 cm³/mol. The summed E-state index contributed by atoms with van der Waals surface area (Å²) in [4.78, 5) is 4.16. The Kier molecular flexibility index (Phi) is 1.80. The van der Waals surface area contributed by atoms with Gasteiger partial charge in [0.1, 0.15) is 5.52 Å². The van der Waals surface area contributed by atoms with Crippen LogP contribution in [0.2, 0.25) is 0 Å². The first-order valence-electron chi connectivity index (χ1n) is 5.68. The second-order valence-electron chi connectivity index (χ2n) is 4.15. The number of nitrogens with zero attached hydrogens (tertiary/aromatic N) is 2. The lowest BCUT2D eigenvalue weighted by molar-refractivity contribution is 0.602. The first-order chi connectivity index (χ1) is 8.92. The van der Waals surface area contributed by atoms with Gasteiger partial charge in [0.2, 0.25) is 0 Å². The van der Waals surface area contributed by atoms with Gasteiger partial charge < -0.3 is 4.42 Å². The highest BCUT2D eigenvalue weighted by Crippen LogP contribution is 2.28. The Bertz CT molecular complexity index is 844. The molecule has 4 heteroatoms. The number of hydrogen-bond donors (Lipinski definition) is 1. The zero-order chi connectivity index (χ0) is 11.9. The van der Waals surface area contributed by atoms with Crippen molar-refractivity contribution >= 4 is 22.0 Å². The van der Waals surface area contributed by atoms with Crippen molar-refractivity contribution in [1.29, 1.82) is 0 Å². The molecule has 1 N–H and O–H groups in total. The van der Waals surface area contributed by atoms with Crippen LogP contribution < -0.4 is 0 Å².